The molecule has 0 fully saturated rings. The van der Waals surface area contributed by atoms with Crippen molar-refractivity contribution in [3.05, 3.63) is 67.6 Å². The molecule has 0 aliphatic heterocycles. The Hall–Kier alpha value is -0.00623. The zero-order chi connectivity index (χ0) is 29.1. The van der Waals surface area contributed by atoms with E-state index >= 15 is 0 Å². The van der Waals surface area contributed by atoms with Crippen molar-refractivity contribution in [2.75, 3.05) is 0 Å². The Morgan fingerprint density at radius 3 is 1.28 bits per heavy atom. The summed E-state index contributed by atoms with van der Waals surface area (Å²) in [6.45, 7) is 14.1. The second kappa shape index (κ2) is 17.2. The highest BCUT2D eigenvalue weighted by Gasteiger charge is 2.45. The van der Waals surface area contributed by atoms with E-state index in [1.54, 1.807) is 0 Å². The third-order valence-electron chi connectivity index (χ3n) is 8.06. The molecular weight excluding hydrogens is 598 g/mol. The highest BCUT2D eigenvalue weighted by molar-refractivity contribution is 6.86. The first-order valence-electron chi connectivity index (χ1n) is 15.0. The van der Waals surface area contributed by atoms with Gasteiger partial charge >= 0.3 is 0 Å². The first-order chi connectivity index (χ1) is 18.4. The average molecular weight is 649 g/mol. The molecule has 0 aliphatic rings. The SMILES string of the molecule is CCCCCCCC(c1cc(Cl)ccc1Cl)[Si](C)(C)O[Si](C)(C)C(CCCCCCC)c1cc(Cl)ccc1Cl. The van der Waals surface area contributed by atoms with Crippen LogP contribution in [0.15, 0.2) is 36.4 Å². The summed E-state index contributed by atoms with van der Waals surface area (Å²) < 4.78 is 7.48. The van der Waals surface area contributed by atoms with Gasteiger partial charge in [-0.3, -0.25) is 0 Å². The van der Waals surface area contributed by atoms with Crippen molar-refractivity contribution in [1.82, 2.24) is 0 Å². The minimum atomic E-state index is -2.28. The molecule has 0 aliphatic carbocycles. The Labute approximate surface area is 261 Å². The van der Waals surface area contributed by atoms with Crippen molar-refractivity contribution in [3.63, 3.8) is 0 Å². The molecule has 1 nitrogen and oxygen atoms in total. The van der Waals surface area contributed by atoms with Crippen molar-refractivity contribution in [3.8, 4) is 0 Å². The molecule has 2 rings (SSSR count). The van der Waals surface area contributed by atoms with E-state index in [1.165, 1.54) is 64.2 Å². The summed E-state index contributed by atoms with van der Waals surface area (Å²) in [5, 5.41) is 3.07. The van der Waals surface area contributed by atoms with E-state index in [0.29, 0.717) is 0 Å². The fraction of sp³-hybridized carbons (Fsp3) is 0.625. The predicted molar refractivity (Wildman–Crippen MR) is 181 cm³/mol. The quantitative estimate of drug-likeness (QED) is 0.115. The van der Waals surface area contributed by atoms with E-state index in [-0.39, 0.29) is 11.1 Å². The van der Waals surface area contributed by atoms with Crippen LogP contribution in [0.1, 0.15) is 113 Å². The third kappa shape index (κ3) is 11.3. The van der Waals surface area contributed by atoms with Crippen molar-refractivity contribution in [1.29, 1.82) is 0 Å². The maximum Gasteiger partial charge on any atom is 0.181 e. The number of rotatable bonds is 18. The largest absolute Gasteiger partial charge is 0.455 e. The summed E-state index contributed by atoms with van der Waals surface area (Å²) in [6.07, 6.45) is 14.6. The summed E-state index contributed by atoms with van der Waals surface area (Å²) in [5.41, 5.74) is 2.85. The molecule has 2 atom stereocenters. The molecular formula is C32H50Cl4OSi2. The minimum Gasteiger partial charge on any atom is -0.455 e. The summed E-state index contributed by atoms with van der Waals surface area (Å²) in [5.74, 6) is 0. The van der Waals surface area contributed by atoms with Crippen LogP contribution in [0.2, 0.25) is 46.3 Å². The maximum atomic E-state index is 7.48. The normalized spacial score (nSPS) is 14.0. The molecule has 0 radical (unpaired) electrons. The molecule has 39 heavy (non-hydrogen) atoms. The minimum absolute atomic E-state index is 0.275. The first-order valence-corrected chi connectivity index (χ1v) is 22.5. The van der Waals surface area contributed by atoms with Crippen molar-refractivity contribution in [2.24, 2.45) is 0 Å². The maximum absolute atomic E-state index is 7.48. The number of benzene rings is 2. The molecule has 220 valence electrons. The molecule has 0 saturated heterocycles. The molecule has 7 heteroatoms. The van der Waals surface area contributed by atoms with Gasteiger partial charge in [0.15, 0.2) is 16.6 Å². The number of halogens is 4. The fourth-order valence-corrected chi connectivity index (χ4v) is 17.4. The number of hydrogen-bond acceptors (Lipinski definition) is 1. The second-order valence-electron chi connectivity index (χ2n) is 12.2. The molecule has 0 saturated carbocycles. The third-order valence-corrected chi connectivity index (χ3v) is 18.0. The summed E-state index contributed by atoms with van der Waals surface area (Å²) in [4.78, 5) is 0. The van der Waals surface area contributed by atoms with Crippen LogP contribution in [0.5, 0.6) is 0 Å². The number of unbranched alkanes of at least 4 members (excludes halogenated alkanes) is 8. The molecule has 2 aromatic carbocycles. The predicted octanol–water partition coefficient (Wildman–Crippen LogP) is 13.4. The average Bonchev–Trinajstić information content (AvgIpc) is 2.86. The molecule has 2 unspecified atom stereocenters. The van der Waals surface area contributed by atoms with E-state index in [1.807, 2.05) is 24.3 Å². The molecule has 2 aromatic rings. The summed E-state index contributed by atoms with van der Waals surface area (Å²) >= 11 is 26.7. The van der Waals surface area contributed by atoms with Crippen LogP contribution in [-0.2, 0) is 4.12 Å². The standard InChI is InChI=1S/C32H50Cl4OSi2/c1-7-9-11-13-15-17-31(27-23-25(33)19-21-29(27)35)38(3,4)37-39(5,6)32(18-16-14-12-10-8-2)28-24-26(34)20-22-30(28)36/h19-24,31-32H,7-18H2,1-6H3. The van der Waals surface area contributed by atoms with Gasteiger partial charge in [0.25, 0.3) is 0 Å². The van der Waals surface area contributed by atoms with Crippen molar-refractivity contribution >= 4 is 63.0 Å². The van der Waals surface area contributed by atoms with Gasteiger partial charge in [0.1, 0.15) is 0 Å². The van der Waals surface area contributed by atoms with Gasteiger partial charge in [-0.2, -0.15) is 0 Å². The molecule has 0 amide bonds. The lowest BCUT2D eigenvalue weighted by atomic mass is 10.0. The molecule has 0 aromatic heterocycles. The van der Waals surface area contributed by atoms with Crippen LogP contribution < -0.4 is 0 Å². The van der Waals surface area contributed by atoms with Crippen molar-refractivity contribution < 1.29 is 4.12 Å². The van der Waals surface area contributed by atoms with Crippen LogP contribution in [-0.4, -0.2) is 16.6 Å². The van der Waals surface area contributed by atoms with Crippen LogP contribution in [0.4, 0.5) is 0 Å². The van der Waals surface area contributed by atoms with Crippen LogP contribution in [0.3, 0.4) is 0 Å². The van der Waals surface area contributed by atoms with Gasteiger partial charge in [-0.05, 0) is 86.6 Å². The summed E-state index contributed by atoms with van der Waals surface area (Å²) in [6, 6.07) is 11.8. The van der Waals surface area contributed by atoms with Gasteiger partial charge < -0.3 is 4.12 Å². The van der Waals surface area contributed by atoms with Gasteiger partial charge in [-0.15, -0.1) is 0 Å². The Kier molecular flexibility index (Phi) is 15.5. The number of hydrogen-bond donors (Lipinski definition) is 0. The Balaban J connectivity index is 2.39. The van der Waals surface area contributed by atoms with Gasteiger partial charge in [0.05, 0.1) is 0 Å². The Morgan fingerprint density at radius 1 is 0.564 bits per heavy atom. The first kappa shape index (κ1) is 35.2. The second-order valence-corrected chi connectivity index (χ2v) is 22.5. The topological polar surface area (TPSA) is 9.23 Å². The van der Waals surface area contributed by atoms with Crippen molar-refractivity contribution in [2.45, 2.75) is 128 Å². The lowest BCUT2D eigenvalue weighted by molar-refractivity contribution is 0.474. The molecule has 0 heterocycles. The molecule has 0 bridgehead atoms. The Morgan fingerprint density at radius 2 is 0.923 bits per heavy atom. The van der Waals surface area contributed by atoms with Gasteiger partial charge in [0, 0.05) is 31.2 Å². The van der Waals surface area contributed by atoms with Crippen LogP contribution in [0, 0.1) is 0 Å². The van der Waals surface area contributed by atoms with E-state index in [0.717, 1.165) is 44.1 Å². The zero-order valence-electron chi connectivity index (χ0n) is 25.0. The van der Waals surface area contributed by atoms with E-state index in [2.05, 4.69) is 52.2 Å². The molecule has 0 spiro atoms. The van der Waals surface area contributed by atoms with Crippen LogP contribution in [0.25, 0.3) is 0 Å². The highest BCUT2D eigenvalue weighted by Crippen LogP contribution is 2.44. The lowest BCUT2D eigenvalue weighted by Gasteiger charge is -2.43. The highest BCUT2D eigenvalue weighted by atomic mass is 35.5. The van der Waals surface area contributed by atoms with Gasteiger partial charge in [-0.25, -0.2) is 0 Å². The lowest BCUT2D eigenvalue weighted by Crippen LogP contribution is -2.52. The van der Waals surface area contributed by atoms with Crippen LogP contribution >= 0.6 is 46.4 Å². The van der Waals surface area contributed by atoms with E-state index < -0.39 is 16.6 Å². The van der Waals surface area contributed by atoms with Gasteiger partial charge in [-0.1, -0.05) is 124 Å². The molecule has 0 N–H and O–H groups in total. The zero-order valence-corrected chi connectivity index (χ0v) is 30.0. The smallest absolute Gasteiger partial charge is 0.181 e. The monoisotopic (exact) mass is 646 g/mol. The van der Waals surface area contributed by atoms with E-state index in [9.17, 15) is 0 Å². The summed E-state index contributed by atoms with van der Waals surface area (Å²) in [7, 11) is -4.55. The van der Waals surface area contributed by atoms with Gasteiger partial charge in [0.2, 0.25) is 0 Å². The van der Waals surface area contributed by atoms with E-state index in [4.69, 9.17) is 50.5 Å². The fourth-order valence-electron chi connectivity index (χ4n) is 6.04. The Bertz CT molecular complexity index is 932.